The molecule has 154 valence electrons. The molecule has 2 N–H and O–H groups in total. The predicted octanol–water partition coefficient (Wildman–Crippen LogP) is 7.00. The summed E-state index contributed by atoms with van der Waals surface area (Å²) in [6.45, 7) is 4.00. The minimum absolute atomic E-state index is 0.224. The quantitative estimate of drug-likeness (QED) is 0.201. The maximum atomic E-state index is 12.2. The molecule has 8 heteroatoms. The van der Waals surface area contributed by atoms with Crippen molar-refractivity contribution in [1.29, 1.82) is 0 Å². The first-order chi connectivity index (χ1) is 14.2. The molecule has 0 radical (unpaired) electrons. The lowest BCUT2D eigenvalue weighted by Crippen LogP contribution is -2.33. The first-order valence-electron chi connectivity index (χ1n) is 8.84. The third-order valence-corrected chi connectivity index (χ3v) is 5.97. The van der Waals surface area contributed by atoms with Gasteiger partial charge in [-0.25, -0.2) is 0 Å². The summed E-state index contributed by atoms with van der Waals surface area (Å²) in [5.74, 6) is 0.747. The Morgan fingerprint density at radius 1 is 1.07 bits per heavy atom. The molecule has 0 aliphatic carbocycles. The number of nitrogens with one attached hydrogen (secondary N) is 2. The summed E-state index contributed by atoms with van der Waals surface area (Å²) in [6, 6.07) is 12.8. The molecule has 2 aromatic carbocycles. The van der Waals surface area contributed by atoms with Crippen molar-refractivity contribution < 1.29 is 9.21 Å². The topological polar surface area (TPSA) is 54.3 Å². The number of thiocarbonyl (C=S) groups is 1. The first-order valence-corrected chi connectivity index (χ1v) is 11.1. The molecule has 4 nitrogen and oxygen atoms in total. The number of rotatable bonds is 4. The van der Waals surface area contributed by atoms with Gasteiger partial charge in [0, 0.05) is 30.9 Å². The van der Waals surface area contributed by atoms with Crippen molar-refractivity contribution in [3.8, 4) is 11.3 Å². The Labute approximate surface area is 203 Å². The third-order valence-electron chi connectivity index (χ3n) is 4.16. The van der Waals surface area contributed by atoms with Crippen molar-refractivity contribution in [1.82, 2.24) is 5.32 Å². The van der Waals surface area contributed by atoms with Crippen molar-refractivity contribution in [3.63, 3.8) is 0 Å². The molecule has 3 rings (SSSR count). The Balaban J connectivity index is 1.62. The second-order valence-electron chi connectivity index (χ2n) is 6.55. The van der Waals surface area contributed by atoms with Crippen LogP contribution in [0.2, 0.25) is 10.0 Å². The van der Waals surface area contributed by atoms with Gasteiger partial charge in [0.25, 0.3) is 0 Å². The summed E-state index contributed by atoms with van der Waals surface area (Å²) >= 11 is 19.6. The van der Waals surface area contributed by atoms with E-state index in [-0.39, 0.29) is 11.0 Å². The molecule has 0 saturated heterocycles. The summed E-state index contributed by atoms with van der Waals surface area (Å²) in [6.07, 6.45) is 2.92. The number of aryl methyl sites for hydroxylation is 2. The molecule has 1 heterocycles. The zero-order valence-corrected chi connectivity index (χ0v) is 20.5. The maximum absolute atomic E-state index is 12.2. The van der Waals surface area contributed by atoms with Crippen molar-refractivity contribution >= 4 is 80.8 Å². The van der Waals surface area contributed by atoms with Gasteiger partial charge < -0.3 is 9.73 Å². The molecule has 1 amide bonds. The molecule has 0 unspecified atom stereocenters. The Kier molecular flexibility index (Phi) is 7.57. The smallest absolute Gasteiger partial charge is 0.250 e. The molecule has 0 saturated carbocycles. The number of carbonyl (C=O) groups excluding carboxylic acids is 1. The highest BCUT2D eigenvalue weighted by Gasteiger charge is 2.08. The van der Waals surface area contributed by atoms with Gasteiger partial charge in [0.2, 0.25) is 5.91 Å². The number of halogens is 3. The highest BCUT2D eigenvalue weighted by atomic mass is 127. The van der Waals surface area contributed by atoms with E-state index in [1.807, 2.05) is 19.9 Å². The van der Waals surface area contributed by atoms with Gasteiger partial charge in [-0.1, -0.05) is 23.2 Å². The molecule has 0 fully saturated rings. The zero-order valence-electron chi connectivity index (χ0n) is 16.1. The maximum Gasteiger partial charge on any atom is 0.250 e. The lowest BCUT2D eigenvalue weighted by molar-refractivity contribution is -0.115. The van der Waals surface area contributed by atoms with E-state index in [1.165, 1.54) is 9.65 Å². The molecule has 0 aliphatic rings. The number of benzene rings is 2. The summed E-state index contributed by atoms with van der Waals surface area (Å²) in [5, 5.41) is 6.95. The van der Waals surface area contributed by atoms with Crippen LogP contribution in [0.5, 0.6) is 0 Å². The average Bonchev–Trinajstić information content (AvgIpc) is 3.13. The molecule has 0 bridgehead atoms. The second-order valence-corrected chi connectivity index (χ2v) is 9.00. The van der Waals surface area contributed by atoms with Crippen LogP contribution in [-0.4, -0.2) is 11.0 Å². The van der Waals surface area contributed by atoms with Crippen LogP contribution in [0.25, 0.3) is 17.4 Å². The van der Waals surface area contributed by atoms with Crippen LogP contribution < -0.4 is 10.6 Å². The summed E-state index contributed by atoms with van der Waals surface area (Å²) < 4.78 is 6.91. The summed E-state index contributed by atoms with van der Waals surface area (Å²) in [5.41, 5.74) is 3.79. The number of hydrogen-bond donors (Lipinski definition) is 2. The number of anilines is 1. The molecule has 3 aromatic rings. The van der Waals surface area contributed by atoms with Crippen LogP contribution in [0.4, 0.5) is 5.69 Å². The van der Waals surface area contributed by atoms with Crippen LogP contribution in [0.3, 0.4) is 0 Å². The molecular weight excluding hydrogens is 554 g/mol. The average molecular weight is 571 g/mol. The summed E-state index contributed by atoms with van der Waals surface area (Å²) in [7, 11) is 0. The standard InChI is InChI=1S/C22H17Cl2IN2O2S/c1-12-8-19(13(2)7-18(12)25)26-22(30)27-21(28)6-4-17-3-5-20(29-17)14-9-15(23)11-16(24)10-14/h3-11H,1-2H3,(H2,26,27,28,30)/b6-4+. The molecule has 0 aliphatic heterocycles. The van der Waals surface area contributed by atoms with Crippen molar-refractivity contribution in [2.45, 2.75) is 13.8 Å². The van der Waals surface area contributed by atoms with E-state index in [4.69, 9.17) is 39.8 Å². The van der Waals surface area contributed by atoms with Crippen molar-refractivity contribution in [2.24, 2.45) is 0 Å². The zero-order chi connectivity index (χ0) is 21.8. The Bertz CT molecular complexity index is 1140. The minimum Gasteiger partial charge on any atom is -0.457 e. The van der Waals surface area contributed by atoms with E-state index < -0.39 is 0 Å². The predicted molar refractivity (Wildman–Crippen MR) is 136 cm³/mol. The number of hydrogen-bond acceptors (Lipinski definition) is 3. The fourth-order valence-corrected chi connectivity index (χ4v) is 4.03. The summed E-state index contributed by atoms with van der Waals surface area (Å²) in [4.78, 5) is 12.2. The van der Waals surface area contributed by atoms with Crippen LogP contribution in [-0.2, 0) is 4.79 Å². The number of amides is 1. The third kappa shape index (κ3) is 6.07. The van der Waals surface area contributed by atoms with E-state index in [1.54, 1.807) is 36.4 Å². The Morgan fingerprint density at radius 2 is 1.77 bits per heavy atom. The van der Waals surface area contributed by atoms with E-state index >= 15 is 0 Å². The largest absolute Gasteiger partial charge is 0.457 e. The van der Waals surface area contributed by atoms with Gasteiger partial charge in [0.1, 0.15) is 11.5 Å². The normalized spacial score (nSPS) is 11.0. The van der Waals surface area contributed by atoms with Gasteiger partial charge in [-0.15, -0.1) is 0 Å². The lowest BCUT2D eigenvalue weighted by Gasteiger charge is -2.12. The van der Waals surface area contributed by atoms with E-state index in [0.717, 1.165) is 22.4 Å². The van der Waals surface area contributed by atoms with Gasteiger partial charge >= 0.3 is 0 Å². The monoisotopic (exact) mass is 570 g/mol. The first kappa shape index (κ1) is 22.8. The van der Waals surface area contributed by atoms with Crippen LogP contribution in [0.15, 0.2) is 53.0 Å². The molecule has 1 aromatic heterocycles. The fourth-order valence-electron chi connectivity index (χ4n) is 2.67. The van der Waals surface area contributed by atoms with E-state index in [9.17, 15) is 4.79 Å². The Hall–Kier alpha value is -1.87. The second kappa shape index (κ2) is 9.96. The molecular formula is C22H17Cl2IN2O2S. The SMILES string of the molecule is Cc1cc(NC(=S)NC(=O)/C=C/c2ccc(-c3cc(Cl)cc(Cl)c3)o2)c(C)cc1I. The van der Waals surface area contributed by atoms with Crippen molar-refractivity contribution in [3.05, 3.63) is 79.0 Å². The van der Waals surface area contributed by atoms with Crippen LogP contribution in [0, 0.1) is 17.4 Å². The van der Waals surface area contributed by atoms with Crippen LogP contribution in [0.1, 0.15) is 16.9 Å². The van der Waals surface area contributed by atoms with Crippen LogP contribution >= 0.6 is 58.0 Å². The molecule has 0 atom stereocenters. The van der Waals surface area contributed by atoms with Gasteiger partial charge in [0.05, 0.1) is 0 Å². The number of furan rings is 1. The molecule has 0 spiro atoms. The minimum atomic E-state index is -0.365. The van der Waals surface area contributed by atoms with Gasteiger partial charge in [-0.05, 0) is 108 Å². The lowest BCUT2D eigenvalue weighted by atomic mass is 10.1. The van der Waals surface area contributed by atoms with E-state index in [2.05, 4.69) is 39.3 Å². The highest BCUT2D eigenvalue weighted by molar-refractivity contribution is 14.1. The van der Waals surface area contributed by atoms with E-state index in [0.29, 0.717) is 21.6 Å². The van der Waals surface area contributed by atoms with Gasteiger partial charge in [-0.3, -0.25) is 10.1 Å². The Morgan fingerprint density at radius 3 is 2.47 bits per heavy atom. The molecule has 30 heavy (non-hydrogen) atoms. The highest BCUT2D eigenvalue weighted by Crippen LogP contribution is 2.29. The fraction of sp³-hybridized carbons (Fsp3) is 0.0909. The van der Waals surface area contributed by atoms with Gasteiger partial charge in [0.15, 0.2) is 5.11 Å². The van der Waals surface area contributed by atoms with Crippen molar-refractivity contribution in [2.75, 3.05) is 5.32 Å². The van der Waals surface area contributed by atoms with Gasteiger partial charge in [-0.2, -0.15) is 0 Å². The number of carbonyl (C=O) groups is 1.